The third-order valence-corrected chi connectivity index (χ3v) is 4.80. The Morgan fingerprint density at radius 1 is 1.32 bits per heavy atom. The van der Waals surface area contributed by atoms with Crippen LogP contribution in [0.25, 0.3) is 0 Å². The maximum atomic E-state index is 12.5. The predicted octanol–water partition coefficient (Wildman–Crippen LogP) is 2.18. The van der Waals surface area contributed by atoms with Gasteiger partial charge in [-0.1, -0.05) is 19.1 Å². The van der Waals surface area contributed by atoms with E-state index in [9.17, 15) is 4.79 Å². The van der Waals surface area contributed by atoms with E-state index in [1.165, 1.54) is 0 Å². The molecule has 1 aliphatic heterocycles. The van der Waals surface area contributed by atoms with Crippen LogP contribution in [0.3, 0.4) is 0 Å². The zero-order valence-corrected chi connectivity index (χ0v) is 14.4. The molecular weight excluding hydrogens is 320 g/mol. The van der Waals surface area contributed by atoms with Gasteiger partial charge in [0.2, 0.25) is 5.91 Å². The fraction of sp³-hybridized carbons (Fsp3) is 0.500. The molecule has 7 heteroatoms. The van der Waals surface area contributed by atoms with E-state index in [1.54, 1.807) is 7.11 Å². The maximum absolute atomic E-state index is 12.5. The van der Waals surface area contributed by atoms with Crippen LogP contribution in [0, 0.1) is 0 Å². The molecule has 2 aromatic rings. The van der Waals surface area contributed by atoms with Crippen LogP contribution in [0.1, 0.15) is 49.1 Å². The Labute approximate surface area is 146 Å². The van der Waals surface area contributed by atoms with Crippen LogP contribution < -0.4 is 4.74 Å². The minimum Gasteiger partial charge on any atom is -0.497 e. The van der Waals surface area contributed by atoms with Gasteiger partial charge in [0.1, 0.15) is 24.3 Å². The molecule has 0 spiro atoms. The molecule has 1 aliphatic carbocycles. The van der Waals surface area contributed by atoms with Crippen molar-refractivity contribution in [3.05, 3.63) is 41.5 Å². The lowest BCUT2D eigenvalue weighted by molar-refractivity contribution is -0.160. The smallest absolute Gasteiger partial charge is 0.249 e. The monoisotopic (exact) mass is 342 g/mol. The van der Waals surface area contributed by atoms with Crippen LogP contribution in [-0.4, -0.2) is 45.7 Å². The van der Waals surface area contributed by atoms with Crippen molar-refractivity contribution in [2.24, 2.45) is 0 Å². The molecule has 25 heavy (non-hydrogen) atoms. The number of methoxy groups -OCH3 is 1. The Hall–Kier alpha value is -2.41. The number of carbonyl (C=O) groups excluding carboxylic acids is 1. The van der Waals surface area contributed by atoms with Gasteiger partial charge in [0.15, 0.2) is 5.82 Å². The largest absolute Gasteiger partial charge is 0.497 e. The molecule has 0 bridgehead atoms. The van der Waals surface area contributed by atoms with E-state index in [1.807, 2.05) is 36.1 Å². The molecule has 2 atom stereocenters. The Kier molecular flexibility index (Phi) is 4.17. The van der Waals surface area contributed by atoms with E-state index >= 15 is 0 Å². The number of nitrogens with one attached hydrogen (secondary N) is 1. The third-order valence-electron chi connectivity index (χ3n) is 4.80. The first-order chi connectivity index (χ1) is 12.2. The number of aromatic amines is 1. The lowest BCUT2D eigenvalue weighted by Crippen LogP contribution is -2.47. The van der Waals surface area contributed by atoms with E-state index in [0.29, 0.717) is 5.82 Å². The highest BCUT2D eigenvalue weighted by molar-refractivity contribution is 5.79. The van der Waals surface area contributed by atoms with Crippen LogP contribution in [0.2, 0.25) is 0 Å². The van der Waals surface area contributed by atoms with Gasteiger partial charge in [0, 0.05) is 12.5 Å². The van der Waals surface area contributed by atoms with E-state index in [-0.39, 0.29) is 30.7 Å². The van der Waals surface area contributed by atoms with Crippen molar-refractivity contribution in [1.29, 1.82) is 0 Å². The standard InChI is InChI=1S/C18H22N4O3/c1-3-14-19-18(21-20-14)17-16(11-4-8-13(24-2)9-5-11)22(12-6-7-12)15(23)10-25-17/h4-5,8-9,12,16-17H,3,6-7,10H2,1-2H3,(H,19,20,21)/t16-,17+/m1/s1. The zero-order valence-electron chi connectivity index (χ0n) is 14.4. The van der Waals surface area contributed by atoms with Crippen LogP contribution in [0.15, 0.2) is 24.3 Å². The highest BCUT2D eigenvalue weighted by Gasteiger charge is 2.46. The molecule has 1 amide bonds. The van der Waals surface area contributed by atoms with Crippen LogP contribution >= 0.6 is 0 Å². The van der Waals surface area contributed by atoms with Crippen LogP contribution in [0.4, 0.5) is 0 Å². The second-order valence-corrected chi connectivity index (χ2v) is 6.48. The normalized spacial score (nSPS) is 23.8. The number of amides is 1. The first-order valence-corrected chi connectivity index (χ1v) is 8.69. The number of ether oxygens (including phenoxy) is 2. The molecule has 1 saturated heterocycles. The number of carbonyl (C=O) groups is 1. The first kappa shape index (κ1) is 16.1. The summed E-state index contributed by atoms with van der Waals surface area (Å²) in [6, 6.07) is 7.86. The molecule has 7 nitrogen and oxygen atoms in total. The van der Waals surface area contributed by atoms with Crippen LogP contribution in [0.5, 0.6) is 5.75 Å². The lowest BCUT2D eigenvalue weighted by atomic mass is 9.96. The quantitative estimate of drug-likeness (QED) is 0.901. The summed E-state index contributed by atoms with van der Waals surface area (Å²) in [6.45, 7) is 2.09. The molecule has 1 N–H and O–H groups in total. The van der Waals surface area contributed by atoms with Crippen molar-refractivity contribution in [1.82, 2.24) is 20.1 Å². The van der Waals surface area contributed by atoms with E-state index in [4.69, 9.17) is 9.47 Å². The summed E-state index contributed by atoms with van der Waals surface area (Å²) in [5, 5.41) is 7.28. The summed E-state index contributed by atoms with van der Waals surface area (Å²) in [5.74, 6) is 2.25. The molecule has 1 aromatic heterocycles. The van der Waals surface area contributed by atoms with Crippen molar-refractivity contribution in [3.8, 4) is 5.75 Å². The van der Waals surface area contributed by atoms with Gasteiger partial charge in [-0.25, -0.2) is 4.98 Å². The van der Waals surface area contributed by atoms with Crippen molar-refractivity contribution in [2.75, 3.05) is 13.7 Å². The van der Waals surface area contributed by atoms with Gasteiger partial charge >= 0.3 is 0 Å². The van der Waals surface area contributed by atoms with E-state index in [0.717, 1.165) is 36.4 Å². The Morgan fingerprint density at radius 2 is 2.08 bits per heavy atom. The van der Waals surface area contributed by atoms with Crippen molar-refractivity contribution in [2.45, 2.75) is 44.4 Å². The molecule has 2 fully saturated rings. The van der Waals surface area contributed by atoms with Crippen molar-refractivity contribution < 1.29 is 14.3 Å². The fourth-order valence-electron chi connectivity index (χ4n) is 3.36. The van der Waals surface area contributed by atoms with Gasteiger partial charge in [-0.05, 0) is 30.5 Å². The number of benzene rings is 1. The minimum absolute atomic E-state index is 0.0332. The summed E-state index contributed by atoms with van der Waals surface area (Å²) in [4.78, 5) is 19.1. The van der Waals surface area contributed by atoms with Crippen molar-refractivity contribution >= 4 is 5.91 Å². The summed E-state index contributed by atoms with van der Waals surface area (Å²) < 4.78 is 11.2. The topological polar surface area (TPSA) is 80.3 Å². The molecule has 0 radical (unpaired) electrons. The minimum atomic E-state index is -0.372. The Morgan fingerprint density at radius 3 is 2.68 bits per heavy atom. The highest BCUT2D eigenvalue weighted by atomic mass is 16.5. The Balaban J connectivity index is 1.73. The van der Waals surface area contributed by atoms with Gasteiger partial charge in [-0.15, -0.1) is 0 Å². The summed E-state index contributed by atoms with van der Waals surface area (Å²) in [6.07, 6.45) is 2.49. The van der Waals surface area contributed by atoms with E-state index in [2.05, 4.69) is 15.2 Å². The number of aryl methyl sites for hydroxylation is 1. The molecule has 4 rings (SSSR count). The van der Waals surface area contributed by atoms with Gasteiger partial charge in [0.05, 0.1) is 13.2 Å². The first-order valence-electron chi connectivity index (χ1n) is 8.69. The van der Waals surface area contributed by atoms with Gasteiger partial charge in [0.25, 0.3) is 0 Å². The number of aromatic nitrogens is 3. The fourth-order valence-corrected chi connectivity index (χ4v) is 3.36. The highest BCUT2D eigenvalue weighted by Crippen LogP contribution is 2.44. The number of rotatable bonds is 5. The number of hydrogen-bond donors (Lipinski definition) is 1. The van der Waals surface area contributed by atoms with Gasteiger partial charge < -0.3 is 14.4 Å². The second kappa shape index (κ2) is 6.48. The molecule has 1 saturated carbocycles. The molecular formula is C18H22N4O3. The summed E-state index contributed by atoms with van der Waals surface area (Å²) in [7, 11) is 1.64. The second-order valence-electron chi connectivity index (χ2n) is 6.48. The van der Waals surface area contributed by atoms with Crippen molar-refractivity contribution in [3.63, 3.8) is 0 Å². The van der Waals surface area contributed by atoms with Gasteiger partial charge in [-0.2, -0.15) is 5.10 Å². The van der Waals surface area contributed by atoms with E-state index < -0.39 is 0 Å². The Bertz CT molecular complexity index is 754. The summed E-state index contributed by atoms with van der Waals surface area (Å²) in [5.41, 5.74) is 1.01. The number of morpholine rings is 1. The average Bonchev–Trinajstić information content (AvgIpc) is 3.37. The van der Waals surface area contributed by atoms with Crippen LogP contribution in [-0.2, 0) is 16.0 Å². The number of nitrogens with zero attached hydrogens (tertiary/aromatic N) is 3. The summed E-state index contributed by atoms with van der Waals surface area (Å²) >= 11 is 0. The van der Waals surface area contributed by atoms with Gasteiger partial charge in [-0.3, -0.25) is 9.89 Å². The number of H-pyrrole nitrogens is 1. The number of hydrogen-bond acceptors (Lipinski definition) is 5. The molecule has 1 aromatic carbocycles. The molecule has 2 heterocycles. The zero-order chi connectivity index (χ0) is 17.4. The predicted molar refractivity (Wildman–Crippen MR) is 90.1 cm³/mol. The average molecular weight is 342 g/mol. The lowest BCUT2D eigenvalue weighted by Gasteiger charge is -2.40. The maximum Gasteiger partial charge on any atom is 0.249 e. The molecule has 2 aliphatic rings. The SMILES string of the molecule is CCc1nc([C@H]2OCC(=O)N(C3CC3)[C@@H]2c2ccc(OC)cc2)n[nH]1. The molecule has 132 valence electrons. The molecule has 0 unspecified atom stereocenters. The third kappa shape index (κ3) is 3.00.